The minimum absolute atomic E-state index is 0.282. The lowest BCUT2D eigenvalue weighted by molar-refractivity contribution is 0.0626. The second-order valence-electron chi connectivity index (χ2n) is 4.72. The fourth-order valence-electron chi connectivity index (χ4n) is 1.89. The van der Waals surface area contributed by atoms with Crippen molar-refractivity contribution in [1.29, 1.82) is 0 Å². The summed E-state index contributed by atoms with van der Waals surface area (Å²) < 4.78 is 5.69. The third-order valence-corrected chi connectivity index (χ3v) is 2.84. The summed E-state index contributed by atoms with van der Waals surface area (Å²) in [6.07, 6.45) is 2.62. The number of nitrogens with one attached hydrogen (secondary N) is 1. The summed E-state index contributed by atoms with van der Waals surface area (Å²) in [7, 11) is 1.99. The van der Waals surface area contributed by atoms with E-state index < -0.39 is 0 Å². The SMILES string of the molecule is CCCc1cccc(C(COC(C)C)NC)c1. The molecular weight excluding hydrogens is 210 g/mol. The molecule has 2 heteroatoms. The van der Waals surface area contributed by atoms with E-state index in [4.69, 9.17) is 4.74 Å². The van der Waals surface area contributed by atoms with Crippen LogP contribution in [0.5, 0.6) is 0 Å². The van der Waals surface area contributed by atoms with E-state index in [9.17, 15) is 0 Å². The molecule has 0 spiro atoms. The van der Waals surface area contributed by atoms with Gasteiger partial charge in [-0.3, -0.25) is 0 Å². The molecule has 96 valence electrons. The van der Waals surface area contributed by atoms with Crippen LogP contribution < -0.4 is 5.32 Å². The van der Waals surface area contributed by atoms with Gasteiger partial charge in [0.2, 0.25) is 0 Å². The van der Waals surface area contributed by atoms with Crippen LogP contribution in [-0.4, -0.2) is 19.8 Å². The lowest BCUT2D eigenvalue weighted by atomic mass is 10.0. The van der Waals surface area contributed by atoms with Crippen molar-refractivity contribution in [2.75, 3.05) is 13.7 Å². The van der Waals surface area contributed by atoms with Crippen LogP contribution in [0.25, 0.3) is 0 Å². The zero-order valence-electron chi connectivity index (χ0n) is 11.5. The zero-order chi connectivity index (χ0) is 12.7. The van der Waals surface area contributed by atoms with Gasteiger partial charge in [0, 0.05) is 0 Å². The first-order valence-corrected chi connectivity index (χ1v) is 6.55. The second kappa shape index (κ2) is 7.46. The Morgan fingerprint density at radius 3 is 2.65 bits per heavy atom. The van der Waals surface area contributed by atoms with Crippen LogP contribution in [0.2, 0.25) is 0 Å². The lowest BCUT2D eigenvalue weighted by Crippen LogP contribution is -2.23. The van der Waals surface area contributed by atoms with Crippen LogP contribution >= 0.6 is 0 Å². The van der Waals surface area contributed by atoms with Crippen molar-refractivity contribution in [3.05, 3.63) is 35.4 Å². The molecule has 0 aliphatic heterocycles. The van der Waals surface area contributed by atoms with Crippen molar-refractivity contribution in [1.82, 2.24) is 5.32 Å². The van der Waals surface area contributed by atoms with Crippen molar-refractivity contribution in [3.8, 4) is 0 Å². The normalized spacial score (nSPS) is 13.0. The van der Waals surface area contributed by atoms with Gasteiger partial charge in [-0.2, -0.15) is 0 Å². The molecule has 0 bridgehead atoms. The summed E-state index contributed by atoms with van der Waals surface area (Å²) in [5.74, 6) is 0. The highest BCUT2D eigenvalue weighted by molar-refractivity contribution is 5.26. The third kappa shape index (κ3) is 4.88. The average Bonchev–Trinajstić information content (AvgIpc) is 2.30. The monoisotopic (exact) mass is 235 g/mol. The van der Waals surface area contributed by atoms with Gasteiger partial charge in [-0.15, -0.1) is 0 Å². The Balaban J connectivity index is 2.69. The highest BCUT2D eigenvalue weighted by atomic mass is 16.5. The van der Waals surface area contributed by atoms with Crippen LogP contribution in [0, 0.1) is 0 Å². The summed E-state index contributed by atoms with van der Waals surface area (Å²) in [5, 5.41) is 3.32. The molecule has 1 rings (SSSR count). The molecular formula is C15H25NO. The van der Waals surface area contributed by atoms with E-state index in [2.05, 4.69) is 50.4 Å². The summed E-state index contributed by atoms with van der Waals surface area (Å²) >= 11 is 0. The Kier molecular flexibility index (Phi) is 6.23. The molecule has 0 fully saturated rings. The first-order valence-electron chi connectivity index (χ1n) is 6.55. The number of hydrogen-bond acceptors (Lipinski definition) is 2. The Labute approximate surface area is 105 Å². The van der Waals surface area contributed by atoms with Gasteiger partial charge in [0.05, 0.1) is 18.8 Å². The smallest absolute Gasteiger partial charge is 0.0664 e. The molecule has 0 radical (unpaired) electrons. The van der Waals surface area contributed by atoms with Gasteiger partial charge < -0.3 is 10.1 Å². The van der Waals surface area contributed by atoms with Crippen molar-refractivity contribution < 1.29 is 4.74 Å². The predicted molar refractivity (Wildman–Crippen MR) is 73.3 cm³/mol. The number of aryl methyl sites for hydroxylation is 1. The van der Waals surface area contributed by atoms with E-state index >= 15 is 0 Å². The van der Waals surface area contributed by atoms with E-state index in [1.807, 2.05) is 7.05 Å². The van der Waals surface area contributed by atoms with Crippen molar-refractivity contribution in [2.24, 2.45) is 0 Å². The maximum Gasteiger partial charge on any atom is 0.0664 e. The molecule has 0 aliphatic rings. The Hall–Kier alpha value is -0.860. The van der Waals surface area contributed by atoms with Gasteiger partial charge in [0.15, 0.2) is 0 Å². The Bertz CT molecular complexity index is 322. The van der Waals surface area contributed by atoms with Crippen molar-refractivity contribution in [2.45, 2.75) is 45.8 Å². The minimum atomic E-state index is 0.282. The summed E-state index contributed by atoms with van der Waals surface area (Å²) in [5.41, 5.74) is 2.73. The zero-order valence-corrected chi connectivity index (χ0v) is 11.5. The highest BCUT2D eigenvalue weighted by Crippen LogP contribution is 2.16. The van der Waals surface area contributed by atoms with Crippen molar-refractivity contribution >= 4 is 0 Å². The topological polar surface area (TPSA) is 21.3 Å². The van der Waals surface area contributed by atoms with Crippen LogP contribution in [0.3, 0.4) is 0 Å². The lowest BCUT2D eigenvalue weighted by Gasteiger charge is -2.19. The van der Waals surface area contributed by atoms with Gasteiger partial charge in [-0.25, -0.2) is 0 Å². The molecule has 0 amide bonds. The maximum absolute atomic E-state index is 5.69. The molecule has 0 saturated carbocycles. The molecule has 2 nitrogen and oxygen atoms in total. The number of benzene rings is 1. The highest BCUT2D eigenvalue weighted by Gasteiger charge is 2.10. The molecule has 1 aromatic rings. The van der Waals surface area contributed by atoms with Gasteiger partial charge in [-0.1, -0.05) is 37.6 Å². The maximum atomic E-state index is 5.69. The second-order valence-corrected chi connectivity index (χ2v) is 4.72. The molecule has 0 saturated heterocycles. The molecule has 0 aromatic heterocycles. The van der Waals surface area contributed by atoms with E-state index in [1.165, 1.54) is 17.5 Å². The fraction of sp³-hybridized carbons (Fsp3) is 0.600. The standard InChI is InChI=1S/C15H25NO/c1-5-7-13-8-6-9-14(10-13)15(16-4)11-17-12(2)3/h6,8-10,12,15-16H,5,7,11H2,1-4H3. The van der Waals surface area contributed by atoms with Crippen LogP contribution in [0.4, 0.5) is 0 Å². The van der Waals surface area contributed by atoms with E-state index in [0.717, 1.165) is 13.0 Å². The Morgan fingerprint density at radius 1 is 1.29 bits per heavy atom. The first kappa shape index (κ1) is 14.2. The van der Waals surface area contributed by atoms with E-state index in [1.54, 1.807) is 0 Å². The Morgan fingerprint density at radius 2 is 2.06 bits per heavy atom. The van der Waals surface area contributed by atoms with Gasteiger partial charge in [0.25, 0.3) is 0 Å². The fourth-order valence-corrected chi connectivity index (χ4v) is 1.89. The summed E-state index contributed by atoms with van der Waals surface area (Å²) in [4.78, 5) is 0. The predicted octanol–water partition coefficient (Wildman–Crippen LogP) is 3.32. The molecule has 1 N–H and O–H groups in total. The first-order chi connectivity index (χ1) is 8.17. The van der Waals surface area contributed by atoms with E-state index in [0.29, 0.717) is 0 Å². The average molecular weight is 235 g/mol. The molecule has 1 aromatic carbocycles. The largest absolute Gasteiger partial charge is 0.377 e. The quantitative estimate of drug-likeness (QED) is 0.782. The van der Waals surface area contributed by atoms with Crippen LogP contribution in [-0.2, 0) is 11.2 Å². The number of ether oxygens (including phenoxy) is 1. The van der Waals surface area contributed by atoms with Gasteiger partial charge >= 0.3 is 0 Å². The van der Waals surface area contributed by atoms with Crippen molar-refractivity contribution in [3.63, 3.8) is 0 Å². The molecule has 0 aliphatic carbocycles. The summed E-state index contributed by atoms with van der Waals surface area (Å²) in [6, 6.07) is 9.08. The summed E-state index contributed by atoms with van der Waals surface area (Å²) in [6.45, 7) is 7.08. The van der Waals surface area contributed by atoms with Crippen LogP contribution in [0.15, 0.2) is 24.3 Å². The minimum Gasteiger partial charge on any atom is -0.377 e. The molecule has 1 atom stereocenters. The molecule has 0 heterocycles. The molecule has 17 heavy (non-hydrogen) atoms. The number of likely N-dealkylation sites (N-methyl/N-ethyl adjacent to an activating group) is 1. The van der Waals surface area contributed by atoms with Gasteiger partial charge in [-0.05, 0) is 38.4 Å². The third-order valence-electron chi connectivity index (χ3n) is 2.84. The number of hydrogen-bond donors (Lipinski definition) is 1. The number of rotatable bonds is 7. The van der Waals surface area contributed by atoms with E-state index in [-0.39, 0.29) is 12.1 Å². The van der Waals surface area contributed by atoms with Crippen LogP contribution in [0.1, 0.15) is 44.4 Å². The molecule has 1 unspecified atom stereocenters. The van der Waals surface area contributed by atoms with Gasteiger partial charge in [0.1, 0.15) is 0 Å².